The van der Waals surface area contributed by atoms with Crippen molar-refractivity contribution in [3.05, 3.63) is 65.1 Å². The topological polar surface area (TPSA) is 66.7 Å². The van der Waals surface area contributed by atoms with Gasteiger partial charge in [-0.3, -0.25) is 10.8 Å². The predicted molar refractivity (Wildman–Crippen MR) is 76.7 cm³/mol. The van der Waals surface area contributed by atoms with E-state index in [4.69, 9.17) is 17.4 Å². The lowest BCUT2D eigenvalue weighted by Crippen LogP contribution is -2.29. The molecule has 19 heavy (non-hydrogen) atoms. The Hall–Kier alpha value is -1.88. The van der Waals surface area contributed by atoms with Crippen LogP contribution >= 0.6 is 11.6 Å². The van der Waals surface area contributed by atoms with Crippen LogP contribution in [0.25, 0.3) is 10.9 Å². The van der Waals surface area contributed by atoms with Gasteiger partial charge < -0.3 is 4.98 Å². The molecular formula is C14H13ClN4. The first kappa shape index (κ1) is 12.2. The average Bonchev–Trinajstić information content (AvgIpc) is 2.86. The number of hydrogen-bond donors (Lipinski definition) is 3. The molecule has 0 aliphatic heterocycles. The highest BCUT2D eigenvalue weighted by Gasteiger charge is 2.18. The summed E-state index contributed by atoms with van der Waals surface area (Å²) in [5.74, 6) is 5.71. The highest BCUT2D eigenvalue weighted by atomic mass is 35.5. The maximum Gasteiger partial charge on any atom is 0.0746 e. The second-order valence-electron chi connectivity index (χ2n) is 4.29. The minimum atomic E-state index is -0.174. The molecule has 96 valence electrons. The number of halogens is 1. The van der Waals surface area contributed by atoms with Crippen LogP contribution in [0.2, 0.25) is 5.02 Å². The van der Waals surface area contributed by atoms with Crippen molar-refractivity contribution in [1.29, 1.82) is 0 Å². The summed E-state index contributed by atoms with van der Waals surface area (Å²) >= 11 is 6.20. The number of hydrazine groups is 1. The van der Waals surface area contributed by atoms with Gasteiger partial charge in [-0.05, 0) is 17.7 Å². The van der Waals surface area contributed by atoms with Crippen LogP contribution in [0.15, 0.2) is 48.9 Å². The van der Waals surface area contributed by atoms with Crippen LogP contribution < -0.4 is 11.3 Å². The lowest BCUT2D eigenvalue weighted by molar-refractivity contribution is 0.640. The summed E-state index contributed by atoms with van der Waals surface area (Å²) in [5, 5.41) is 1.72. The molecule has 1 unspecified atom stereocenters. The van der Waals surface area contributed by atoms with Crippen molar-refractivity contribution in [3.8, 4) is 0 Å². The van der Waals surface area contributed by atoms with E-state index >= 15 is 0 Å². The molecule has 0 saturated carbocycles. The molecule has 0 fully saturated rings. The van der Waals surface area contributed by atoms with Crippen LogP contribution in [-0.2, 0) is 0 Å². The number of benzene rings is 1. The van der Waals surface area contributed by atoms with Crippen molar-refractivity contribution in [2.75, 3.05) is 0 Å². The maximum atomic E-state index is 6.20. The zero-order chi connectivity index (χ0) is 13.2. The standard InChI is InChI=1S/C14H13ClN4/c15-12-8-17-6-5-10(12)14(19-16)11-7-18-13-4-2-1-3-9(11)13/h1-8,14,18-19H,16H2. The van der Waals surface area contributed by atoms with Gasteiger partial charge in [0.05, 0.1) is 11.1 Å². The van der Waals surface area contributed by atoms with Gasteiger partial charge in [0.15, 0.2) is 0 Å². The summed E-state index contributed by atoms with van der Waals surface area (Å²) in [7, 11) is 0. The molecule has 3 rings (SSSR count). The van der Waals surface area contributed by atoms with Crippen molar-refractivity contribution in [2.24, 2.45) is 5.84 Å². The number of hydrogen-bond acceptors (Lipinski definition) is 3. The summed E-state index contributed by atoms with van der Waals surface area (Å²) in [6.45, 7) is 0. The van der Waals surface area contributed by atoms with E-state index < -0.39 is 0 Å². The maximum absolute atomic E-state index is 6.20. The number of para-hydroxylation sites is 1. The highest BCUT2D eigenvalue weighted by molar-refractivity contribution is 6.31. The van der Waals surface area contributed by atoms with Gasteiger partial charge in [0, 0.05) is 35.1 Å². The number of aromatic amines is 1. The van der Waals surface area contributed by atoms with E-state index in [-0.39, 0.29) is 6.04 Å². The van der Waals surface area contributed by atoms with Crippen LogP contribution in [-0.4, -0.2) is 9.97 Å². The molecule has 2 heterocycles. The first-order valence-corrected chi connectivity index (χ1v) is 6.30. The number of aromatic nitrogens is 2. The molecule has 5 heteroatoms. The molecule has 0 radical (unpaired) electrons. The number of pyridine rings is 1. The van der Waals surface area contributed by atoms with E-state index in [0.717, 1.165) is 22.0 Å². The lowest BCUT2D eigenvalue weighted by Gasteiger charge is -2.17. The summed E-state index contributed by atoms with van der Waals surface area (Å²) in [5.41, 5.74) is 5.86. The highest BCUT2D eigenvalue weighted by Crippen LogP contribution is 2.31. The molecule has 2 aromatic heterocycles. The molecular weight excluding hydrogens is 260 g/mol. The van der Waals surface area contributed by atoms with E-state index in [9.17, 15) is 0 Å². The van der Waals surface area contributed by atoms with Crippen LogP contribution in [0.5, 0.6) is 0 Å². The molecule has 4 N–H and O–H groups in total. The monoisotopic (exact) mass is 272 g/mol. The molecule has 1 atom stereocenters. The lowest BCUT2D eigenvalue weighted by atomic mass is 10.00. The van der Waals surface area contributed by atoms with Gasteiger partial charge in [-0.1, -0.05) is 29.8 Å². The van der Waals surface area contributed by atoms with Gasteiger partial charge in [0.1, 0.15) is 0 Å². The van der Waals surface area contributed by atoms with Crippen molar-refractivity contribution in [3.63, 3.8) is 0 Å². The fourth-order valence-corrected chi connectivity index (χ4v) is 2.53. The average molecular weight is 273 g/mol. The Morgan fingerprint density at radius 2 is 2.05 bits per heavy atom. The number of nitrogens with two attached hydrogens (primary N) is 1. The minimum absolute atomic E-state index is 0.174. The Kier molecular flexibility index (Phi) is 3.21. The van der Waals surface area contributed by atoms with Crippen molar-refractivity contribution in [2.45, 2.75) is 6.04 Å². The molecule has 0 bridgehead atoms. The van der Waals surface area contributed by atoms with E-state index in [1.807, 2.05) is 30.5 Å². The van der Waals surface area contributed by atoms with Crippen LogP contribution in [0.4, 0.5) is 0 Å². The van der Waals surface area contributed by atoms with Gasteiger partial charge in [-0.25, -0.2) is 5.43 Å². The molecule has 1 aromatic carbocycles. The number of H-pyrrole nitrogens is 1. The summed E-state index contributed by atoms with van der Waals surface area (Å²) in [6.07, 6.45) is 5.28. The first-order valence-electron chi connectivity index (χ1n) is 5.93. The zero-order valence-electron chi connectivity index (χ0n) is 10.1. The Labute approximate surface area is 115 Å². The van der Waals surface area contributed by atoms with Gasteiger partial charge in [-0.2, -0.15) is 0 Å². The third kappa shape index (κ3) is 2.10. The summed E-state index contributed by atoms with van der Waals surface area (Å²) in [6, 6.07) is 9.77. The van der Waals surface area contributed by atoms with Crippen molar-refractivity contribution < 1.29 is 0 Å². The number of rotatable bonds is 3. The molecule has 3 aromatic rings. The Bertz CT molecular complexity index is 707. The Balaban J connectivity index is 2.15. The minimum Gasteiger partial charge on any atom is -0.361 e. The normalized spacial score (nSPS) is 12.7. The molecule has 0 saturated heterocycles. The molecule has 0 amide bonds. The quantitative estimate of drug-likeness (QED) is 0.507. The molecule has 4 nitrogen and oxygen atoms in total. The van der Waals surface area contributed by atoms with Crippen molar-refractivity contribution in [1.82, 2.24) is 15.4 Å². The SMILES string of the molecule is NNC(c1ccncc1Cl)c1c[nH]c2ccccc12. The van der Waals surface area contributed by atoms with E-state index in [0.29, 0.717) is 5.02 Å². The number of nitrogens with one attached hydrogen (secondary N) is 2. The largest absolute Gasteiger partial charge is 0.361 e. The Morgan fingerprint density at radius 1 is 1.21 bits per heavy atom. The summed E-state index contributed by atoms with van der Waals surface area (Å²) < 4.78 is 0. The number of nitrogens with zero attached hydrogens (tertiary/aromatic N) is 1. The van der Waals surface area contributed by atoms with Crippen LogP contribution in [0.3, 0.4) is 0 Å². The third-order valence-corrected chi connectivity index (χ3v) is 3.53. The molecule has 0 aliphatic carbocycles. The van der Waals surface area contributed by atoms with E-state index in [1.165, 1.54) is 0 Å². The van der Waals surface area contributed by atoms with Crippen molar-refractivity contribution >= 4 is 22.5 Å². The first-order chi connectivity index (χ1) is 9.31. The molecule has 0 spiro atoms. The fourth-order valence-electron chi connectivity index (χ4n) is 2.30. The van der Waals surface area contributed by atoms with E-state index in [2.05, 4.69) is 21.5 Å². The van der Waals surface area contributed by atoms with Crippen LogP contribution in [0.1, 0.15) is 17.2 Å². The van der Waals surface area contributed by atoms with Gasteiger partial charge in [0.25, 0.3) is 0 Å². The smallest absolute Gasteiger partial charge is 0.0746 e. The second kappa shape index (κ2) is 5.01. The predicted octanol–water partition coefficient (Wildman–Crippen LogP) is 2.77. The number of fused-ring (bicyclic) bond motifs is 1. The Morgan fingerprint density at radius 3 is 2.84 bits per heavy atom. The van der Waals surface area contributed by atoms with Gasteiger partial charge >= 0.3 is 0 Å². The van der Waals surface area contributed by atoms with Gasteiger partial charge in [-0.15, -0.1) is 0 Å². The van der Waals surface area contributed by atoms with Crippen LogP contribution in [0, 0.1) is 0 Å². The van der Waals surface area contributed by atoms with Gasteiger partial charge in [0.2, 0.25) is 0 Å². The molecule has 0 aliphatic rings. The summed E-state index contributed by atoms with van der Waals surface area (Å²) in [4.78, 5) is 7.23. The fraction of sp³-hybridized carbons (Fsp3) is 0.0714. The zero-order valence-corrected chi connectivity index (χ0v) is 10.9. The third-order valence-electron chi connectivity index (χ3n) is 3.21. The second-order valence-corrected chi connectivity index (χ2v) is 4.69. The van der Waals surface area contributed by atoms with E-state index in [1.54, 1.807) is 12.4 Å².